The van der Waals surface area contributed by atoms with Crippen LogP contribution in [0.5, 0.6) is 11.5 Å². The molecule has 0 spiro atoms. The molecule has 6 nitrogen and oxygen atoms in total. The van der Waals surface area contributed by atoms with Crippen molar-refractivity contribution in [1.29, 1.82) is 0 Å². The predicted molar refractivity (Wildman–Crippen MR) is 164 cm³/mol. The molecule has 5 aliphatic rings. The number of rotatable bonds is 7. The van der Waals surface area contributed by atoms with Crippen molar-refractivity contribution in [2.45, 2.75) is 84.7 Å². The Kier molecular flexibility index (Phi) is 7.83. The molecular weight excluding hydrogens is 526 g/mol. The maximum atomic E-state index is 14.0. The van der Waals surface area contributed by atoms with Gasteiger partial charge in [-0.25, -0.2) is 0 Å². The van der Waals surface area contributed by atoms with Crippen LogP contribution in [0.25, 0.3) is 6.08 Å². The van der Waals surface area contributed by atoms with Crippen LogP contribution in [0.1, 0.15) is 84.1 Å². The molecule has 0 N–H and O–H groups in total. The first-order valence-corrected chi connectivity index (χ1v) is 16.3. The fourth-order valence-electron chi connectivity index (χ4n) is 9.56. The zero-order chi connectivity index (χ0) is 29.7. The first-order chi connectivity index (χ1) is 20.0. The molecule has 1 heterocycles. The van der Waals surface area contributed by atoms with Crippen molar-refractivity contribution in [1.82, 2.24) is 0 Å². The fraction of sp³-hybridized carbons (Fsp3) is 0.667. The highest BCUT2D eigenvalue weighted by Crippen LogP contribution is 2.65. The van der Waals surface area contributed by atoms with E-state index in [9.17, 15) is 9.59 Å². The molecule has 6 rings (SSSR count). The lowest BCUT2D eigenvalue weighted by Crippen LogP contribution is -2.50. The number of allylic oxidation sites excluding steroid dienone is 2. The van der Waals surface area contributed by atoms with E-state index in [1.165, 1.54) is 38.4 Å². The highest BCUT2D eigenvalue weighted by atomic mass is 16.5. The first kappa shape index (κ1) is 29.5. The minimum Gasteiger partial charge on any atom is -0.493 e. The lowest BCUT2D eigenvalue weighted by molar-refractivity contribution is -0.897. The molecule has 1 saturated heterocycles. The maximum Gasteiger partial charge on any atom is 0.302 e. The summed E-state index contributed by atoms with van der Waals surface area (Å²) in [7, 11) is 4.01. The van der Waals surface area contributed by atoms with Crippen LogP contribution in [-0.4, -0.2) is 62.7 Å². The quantitative estimate of drug-likeness (QED) is 0.155. The second-order valence-corrected chi connectivity index (χ2v) is 14.6. The Labute approximate surface area is 252 Å². The van der Waals surface area contributed by atoms with Gasteiger partial charge in [-0.15, -0.1) is 0 Å². The average Bonchev–Trinajstić information content (AvgIpc) is 3.50. The Hall–Kier alpha value is -2.60. The van der Waals surface area contributed by atoms with Crippen molar-refractivity contribution in [3.05, 3.63) is 41.0 Å². The number of benzene rings is 1. The molecule has 0 unspecified atom stereocenters. The van der Waals surface area contributed by atoms with Crippen LogP contribution < -0.4 is 9.47 Å². The van der Waals surface area contributed by atoms with Crippen LogP contribution in [0.2, 0.25) is 0 Å². The number of hydrogen-bond donors (Lipinski definition) is 0. The van der Waals surface area contributed by atoms with Crippen LogP contribution in [0.4, 0.5) is 0 Å². The minimum absolute atomic E-state index is 0.0124. The third-order valence-electron chi connectivity index (χ3n) is 12.1. The highest BCUT2D eigenvalue weighted by molar-refractivity contribution is 6.06. The number of hydrogen-bond acceptors (Lipinski definition) is 5. The summed E-state index contributed by atoms with van der Waals surface area (Å²) in [6.07, 6.45) is 14.0. The van der Waals surface area contributed by atoms with Gasteiger partial charge in [0, 0.05) is 31.6 Å². The van der Waals surface area contributed by atoms with Crippen molar-refractivity contribution in [2.24, 2.45) is 28.6 Å². The lowest BCUT2D eigenvalue weighted by Gasteiger charge is -2.56. The van der Waals surface area contributed by atoms with Crippen LogP contribution in [0.15, 0.2) is 35.4 Å². The van der Waals surface area contributed by atoms with Crippen molar-refractivity contribution in [3.63, 3.8) is 0 Å². The van der Waals surface area contributed by atoms with E-state index in [1.807, 2.05) is 12.1 Å². The van der Waals surface area contributed by atoms with Gasteiger partial charge < -0.3 is 18.7 Å². The van der Waals surface area contributed by atoms with Crippen molar-refractivity contribution in [2.75, 3.05) is 40.4 Å². The molecule has 0 aromatic heterocycles. The van der Waals surface area contributed by atoms with Gasteiger partial charge >= 0.3 is 5.97 Å². The fourth-order valence-corrected chi connectivity index (χ4v) is 9.56. The van der Waals surface area contributed by atoms with E-state index in [4.69, 9.17) is 14.2 Å². The summed E-state index contributed by atoms with van der Waals surface area (Å²) in [4.78, 5) is 25.6. The molecule has 0 radical (unpaired) electrons. The van der Waals surface area contributed by atoms with E-state index >= 15 is 0 Å². The molecule has 1 aliphatic heterocycles. The van der Waals surface area contributed by atoms with Gasteiger partial charge in [-0.05, 0) is 91.0 Å². The molecule has 228 valence electrons. The second kappa shape index (κ2) is 11.2. The van der Waals surface area contributed by atoms with Gasteiger partial charge in [0.1, 0.15) is 19.3 Å². The van der Waals surface area contributed by atoms with Crippen LogP contribution in [-0.2, 0) is 14.3 Å². The van der Waals surface area contributed by atoms with E-state index in [-0.39, 0.29) is 22.9 Å². The molecule has 3 saturated carbocycles. The van der Waals surface area contributed by atoms with Crippen molar-refractivity contribution >= 4 is 17.8 Å². The number of Topliss-reactive ketones (excluding diaryl/α,β-unsaturated/α-hetero) is 1. The number of ketones is 1. The monoisotopic (exact) mass is 576 g/mol. The second-order valence-electron chi connectivity index (χ2n) is 14.6. The first-order valence-electron chi connectivity index (χ1n) is 16.3. The number of carbonyl (C=O) groups excluding carboxylic acids is 2. The number of nitrogens with zero attached hydrogens (tertiary/aromatic N) is 1. The Balaban J connectivity index is 1.17. The normalized spacial score (nSPS) is 36.1. The number of fused-ring (bicyclic) bond motifs is 5. The molecule has 4 aliphatic carbocycles. The molecule has 0 amide bonds. The number of likely N-dealkylation sites (tertiary alicyclic amines) is 1. The standard InChI is InChI=1S/C36H50NO5/c1-24(38)42-28-12-14-35(2)27(23-28)9-10-29-30(35)13-15-36(3)31(29)22-26(34(36)39)20-25-8-11-32(33(21-25)40-5)41-19-18-37(4)16-6-7-17-37/h8-9,11,20-21,28-31H,6-7,10,12-19,22-23H2,1-5H3/q+1/b26-20+/t28-,29+,30-,31-,35-,36-/m0/s1. The molecule has 6 heteroatoms. The summed E-state index contributed by atoms with van der Waals surface area (Å²) in [5.41, 5.74) is 3.31. The van der Waals surface area contributed by atoms with Gasteiger partial charge in [-0.2, -0.15) is 0 Å². The largest absolute Gasteiger partial charge is 0.493 e. The van der Waals surface area contributed by atoms with Gasteiger partial charge in [0.05, 0.1) is 27.2 Å². The van der Waals surface area contributed by atoms with Crippen LogP contribution in [0.3, 0.4) is 0 Å². The predicted octanol–water partition coefficient (Wildman–Crippen LogP) is 6.77. The molecule has 0 bridgehead atoms. The molecular formula is C36H50NO5+. The summed E-state index contributed by atoms with van der Waals surface area (Å²) in [5, 5.41) is 0. The highest BCUT2D eigenvalue weighted by Gasteiger charge is 2.60. The van der Waals surface area contributed by atoms with E-state index in [0.717, 1.165) is 78.6 Å². The van der Waals surface area contributed by atoms with E-state index in [0.29, 0.717) is 30.1 Å². The summed E-state index contributed by atoms with van der Waals surface area (Å²) in [5.74, 6) is 3.13. The van der Waals surface area contributed by atoms with Gasteiger partial charge in [0.25, 0.3) is 0 Å². The Bertz CT molecular complexity index is 1290. The Morgan fingerprint density at radius 3 is 2.55 bits per heavy atom. The summed E-state index contributed by atoms with van der Waals surface area (Å²) in [6, 6.07) is 6.09. The van der Waals surface area contributed by atoms with Crippen molar-refractivity contribution < 1.29 is 28.3 Å². The number of carbonyl (C=O) groups is 2. The average molecular weight is 577 g/mol. The molecule has 42 heavy (non-hydrogen) atoms. The van der Waals surface area contributed by atoms with Gasteiger partial charge in [-0.3, -0.25) is 9.59 Å². The summed E-state index contributed by atoms with van der Waals surface area (Å²) >= 11 is 0. The molecule has 6 atom stereocenters. The zero-order valence-corrected chi connectivity index (χ0v) is 26.4. The SMILES string of the molecule is COc1cc(/C=C2\C[C@H]3[C@@H]4CC=C5C[C@@H](OC(C)=O)CC[C@]5(C)[C@H]4CC[C@]3(C)C2=O)ccc1OCC[N+]1(C)CCCC1. The van der Waals surface area contributed by atoms with E-state index in [2.05, 4.69) is 39.1 Å². The minimum atomic E-state index is -0.286. The number of likely N-dealkylation sites (N-methyl/N-ethyl adjacent to an activating group) is 1. The molecule has 1 aromatic rings. The third-order valence-corrected chi connectivity index (χ3v) is 12.1. The third kappa shape index (κ3) is 5.22. The van der Waals surface area contributed by atoms with Gasteiger partial charge in [0.2, 0.25) is 0 Å². The van der Waals surface area contributed by atoms with Crippen molar-refractivity contribution in [3.8, 4) is 11.5 Å². The van der Waals surface area contributed by atoms with Gasteiger partial charge in [-0.1, -0.05) is 31.6 Å². The topological polar surface area (TPSA) is 61.8 Å². The Morgan fingerprint density at radius 2 is 1.81 bits per heavy atom. The number of methoxy groups -OCH3 is 1. The zero-order valence-electron chi connectivity index (χ0n) is 26.4. The van der Waals surface area contributed by atoms with E-state index in [1.54, 1.807) is 7.11 Å². The van der Waals surface area contributed by atoms with Gasteiger partial charge in [0.15, 0.2) is 17.3 Å². The van der Waals surface area contributed by atoms with E-state index < -0.39 is 0 Å². The summed E-state index contributed by atoms with van der Waals surface area (Å²) in [6.45, 7) is 10.3. The smallest absolute Gasteiger partial charge is 0.302 e. The van der Waals surface area contributed by atoms with Crippen LogP contribution in [0, 0.1) is 28.6 Å². The number of ether oxygens (including phenoxy) is 3. The van der Waals surface area contributed by atoms with Crippen LogP contribution >= 0.6 is 0 Å². The molecule has 4 fully saturated rings. The summed E-state index contributed by atoms with van der Waals surface area (Å²) < 4.78 is 18.6. The number of esters is 1. The molecule has 1 aromatic carbocycles. The maximum absolute atomic E-state index is 14.0. The Morgan fingerprint density at radius 1 is 1.05 bits per heavy atom. The lowest BCUT2D eigenvalue weighted by atomic mass is 9.48. The number of quaternary nitrogens is 1.